The van der Waals surface area contributed by atoms with Crippen LogP contribution in [0.5, 0.6) is 0 Å². The predicted octanol–water partition coefficient (Wildman–Crippen LogP) is 4.19. The van der Waals surface area contributed by atoms with E-state index >= 15 is 0 Å². The van der Waals surface area contributed by atoms with Gasteiger partial charge in [-0.3, -0.25) is 4.79 Å². The summed E-state index contributed by atoms with van der Waals surface area (Å²) >= 11 is 12.0. The zero-order valence-electron chi connectivity index (χ0n) is 8.55. The molecular formula is C12H9Cl2NO. The molecule has 0 spiro atoms. The Balaban J connectivity index is 2.63. The van der Waals surface area contributed by atoms with Gasteiger partial charge in [-0.1, -0.05) is 35.3 Å². The zero-order valence-corrected chi connectivity index (χ0v) is 10.1. The molecule has 0 aliphatic carbocycles. The minimum atomic E-state index is -0.00714. The molecule has 1 N–H and O–H groups in total. The van der Waals surface area contributed by atoms with Crippen molar-refractivity contribution in [1.82, 2.24) is 4.98 Å². The summed E-state index contributed by atoms with van der Waals surface area (Å²) in [5, 5.41) is 0.945. The van der Waals surface area contributed by atoms with E-state index in [2.05, 4.69) is 4.98 Å². The molecule has 2 aromatic rings. The molecule has 0 bridgehead atoms. The number of hydrogen-bond acceptors (Lipinski definition) is 1. The minimum Gasteiger partial charge on any atom is -0.366 e. The summed E-state index contributed by atoms with van der Waals surface area (Å²) < 4.78 is 0. The number of H-pyrrole nitrogens is 1. The first kappa shape index (κ1) is 11.2. The van der Waals surface area contributed by atoms with Crippen molar-refractivity contribution in [3.8, 4) is 11.1 Å². The van der Waals surface area contributed by atoms with E-state index in [-0.39, 0.29) is 5.78 Å². The highest BCUT2D eigenvalue weighted by molar-refractivity contribution is 6.43. The molecule has 0 saturated carbocycles. The molecule has 1 aromatic heterocycles. The molecule has 0 unspecified atom stereocenters. The summed E-state index contributed by atoms with van der Waals surface area (Å²) in [5.74, 6) is -0.00714. The van der Waals surface area contributed by atoms with Crippen LogP contribution in [-0.2, 0) is 0 Å². The molecule has 82 valence electrons. The van der Waals surface area contributed by atoms with E-state index in [0.717, 1.165) is 11.1 Å². The molecule has 2 rings (SSSR count). The number of nitrogens with one attached hydrogen (secondary N) is 1. The van der Waals surface area contributed by atoms with E-state index in [4.69, 9.17) is 23.2 Å². The third-order valence-electron chi connectivity index (χ3n) is 2.37. The summed E-state index contributed by atoms with van der Waals surface area (Å²) in [6, 6.07) is 5.36. The molecule has 0 aliphatic rings. The van der Waals surface area contributed by atoms with Gasteiger partial charge in [0.25, 0.3) is 0 Å². The van der Waals surface area contributed by atoms with Crippen molar-refractivity contribution in [3.05, 3.63) is 46.2 Å². The number of aromatic nitrogens is 1. The number of rotatable bonds is 2. The Hall–Kier alpha value is -1.25. The van der Waals surface area contributed by atoms with Gasteiger partial charge in [0.05, 0.1) is 10.0 Å². The first-order chi connectivity index (χ1) is 7.61. The Morgan fingerprint density at radius 3 is 2.62 bits per heavy atom. The first-order valence-corrected chi connectivity index (χ1v) is 5.49. The van der Waals surface area contributed by atoms with Gasteiger partial charge >= 0.3 is 0 Å². The quantitative estimate of drug-likeness (QED) is 0.800. The lowest BCUT2D eigenvalue weighted by Gasteiger charge is -2.05. The summed E-state index contributed by atoms with van der Waals surface area (Å²) in [4.78, 5) is 14.3. The van der Waals surface area contributed by atoms with Gasteiger partial charge in [0.1, 0.15) is 0 Å². The number of ketones is 1. The van der Waals surface area contributed by atoms with Crippen LogP contribution in [0.15, 0.2) is 30.6 Å². The highest BCUT2D eigenvalue weighted by atomic mass is 35.5. The van der Waals surface area contributed by atoms with Gasteiger partial charge in [0.15, 0.2) is 5.78 Å². The lowest BCUT2D eigenvalue weighted by molar-refractivity contribution is 0.101. The first-order valence-electron chi connectivity index (χ1n) is 4.73. The van der Waals surface area contributed by atoms with Crippen molar-refractivity contribution in [1.29, 1.82) is 0 Å². The molecular weight excluding hydrogens is 245 g/mol. The summed E-state index contributed by atoms with van der Waals surface area (Å²) in [7, 11) is 0. The molecule has 4 heteroatoms. The standard InChI is InChI=1S/C12H9Cl2NO/c1-7(16)9-5-15-6-10(9)8-3-2-4-11(13)12(8)14/h2-6,15H,1H3. The van der Waals surface area contributed by atoms with Crippen molar-refractivity contribution in [2.24, 2.45) is 0 Å². The van der Waals surface area contributed by atoms with Gasteiger partial charge < -0.3 is 4.98 Å². The third kappa shape index (κ3) is 1.86. The number of Topliss-reactive ketones (excluding diaryl/α,β-unsaturated/α-hetero) is 1. The molecule has 0 fully saturated rings. The second-order valence-electron chi connectivity index (χ2n) is 3.44. The Kier molecular flexibility index (Phi) is 3.03. The normalized spacial score (nSPS) is 10.4. The number of carbonyl (C=O) groups is 1. The maximum Gasteiger partial charge on any atom is 0.161 e. The highest BCUT2D eigenvalue weighted by Crippen LogP contribution is 2.35. The minimum absolute atomic E-state index is 0.00714. The van der Waals surface area contributed by atoms with Gasteiger partial charge in [-0.05, 0) is 13.0 Å². The highest BCUT2D eigenvalue weighted by Gasteiger charge is 2.13. The van der Waals surface area contributed by atoms with Crippen LogP contribution in [0.4, 0.5) is 0 Å². The molecule has 0 atom stereocenters. The molecule has 0 radical (unpaired) electrons. The fourth-order valence-electron chi connectivity index (χ4n) is 1.59. The number of aromatic amines is 1. The Bertz CT molecular complexity index is 546. The van der Waals surface area contributed by atoms with Crippen LogP contribution >= 0.6 is 23.2 Å². The van der Waals surface area contributed by atoms with Crippen LogP contribution in [0.3, 0.4) is 0 Å². The summed E-state index contributed by atoms with van der Waals surface area (Å²) in [5.41, 5.74) is 2.16. The molecule has 16 heavy (non-hydrogen) atoms. The topological polar surface area (TPSA) is 32.9 Å². The van der Waals surface area contributed by atoms with Gasteiger partial charge in [0, 0.05) is 29.1 Å². The average molecular weight is 254 g/mol. The van der Waals surface area contributed by atoms with Crippen LogP contribution in [0.25, 0.3) is 11.1 Å². The summed E-state index contributed by atoms with van der Waals surface area (Å²) in [6.07, 6.45) is 3.41. The lowest BCUT2D eigenvalue weighted by Crippen LogP contribution is -1.92. The number of hydrogen-bond donors (Lipinski definition) is 1. The van der Waals surface area contributed by atoms with E-state index in [9.17, 15) is 4.79 Å². The van der Waals surface area contributed by atoms with Crippen LogP contribution in [0, 0.1) is 0 Å². The van der Waals surface area contributed by atoms with Crippen molar-refractivity contribution < 1.29 is 4.79 Å². The van der Waals surface area contributed by atoms with E-state index in [1.54, 1.807) is 24.5 Å². The fraction of sp³-hybridized carbons (Fsp3) is 0.0833. The smallest absolute Gasteiger partial charge is 0.161 e. The van der Waals surface area contributed by atoms with Crippen LogP contribution < -0.4 is 0 Å². The second-order valence-corrected chi connectivity index (χ2v) is 4.23. The van der Waals surface area contributed by atoms with Crippen molar-refractivity contribution in [2.75, 3.05) is 0 Å². The second kappa shape index (κ2) is 4.32. The Morgan fingerprint density at radius 2 is 1.94 bits per heavy atom. The maximum atomic E-state index is 11.4. The Labute approximate surface area is 103 Å². The van der Waals surface area contributed by atoms with Crippen molar-refractivity contribution in [2.45, 2.75) is 6.92 Å². The third-order valence-corrected chi connectivity index (χ3v) is 3.19. The SMILES string of the molecule is CC(=O)c1c[nH]cc1-c1cccc(Cl)c1Cl. The largest absolute Gasteiger partial charge is 0.366 e. The van der Waals surface area contributed by atoms with E-state index in [1.807, 2.05) is 6.07 Å². The van der Waals surface area contributed by atoms with Gasteiger partial charge in [-0.15, -0.1) is 0 Å². The molecule has 1 aromatic carbocycles. The number of carbonyl (C=O) groups excluding carboxylic acids is 1. The summed E-state index contributed by atoms with van der Waals surface area (Å²) in [6.45, 7) is 1.52. The maximum absolute atomic E-state index is 11.4. The molecule has 0 saturated heterocycles. The lowest BCUT2D eigenvalue weighted by atomic mass is 10.0. The van der Waals surface area contributed by atoms with Gasteiger partial charge in [-0.25, -0.2) is 0 Å². The number of benzene rings is 1. The fourth-order valence-corrected chi connectivity index (χ4v) is 1.99. The monoisotopic (exact) mass is 253 g/mol. The van der Waals surface area contributed by atoms with E-state index in [1.165, 1.54) is 6.92 Å². The molecule has 0 aliphatic heterocycles. The number of halogens is 2. The van der Waals surface area contributed by atoms with Gasteiger partial charge in [-0.2, -0.15) is 0 Å². The molecule has 2 nitrogen and oxygen atoms in total. The van der Waals surface area contributed by atoms with Gasteiger partial charge in [0.2, 0.25) is 0 Å². The zero-order chi connectivity index (χ0) is 11.7. The van der Waals surface area contributed by atoms with Crippen LogP contribution in [0.1, 0.15) is 17.3 Å². The van der Waals surface area contributed by atoms with Crippen LogP contribution in [0.2, 0.25) is 10.0 Å². The molecule has 0 amide bonds. The predicted molar refractivity (Wildman–Crippen MR) is 66.3 cm³/mol. The van der Waals surface area contributed by atoms with E-state index < -0.39 is 0 Å². The average Bonchev–Trinajstić information content (AvgIpc) is 2.70. The Morgan fingerprint density at radius 1 is 1.19 bits per heavy atom. The van der Waals surface area contributed by atoms with Crippen molar-refractivity contribution in [3.63, 3.8) is 0 Å². The van der Waals surface area contributed by atoms with Crippen molar-refractivity contribution >= 4 is 29.0 Å². The van der Waals surface area contributed by atoms with Crippen LogP contribution in [-0.4, -0.2) is 10.8 Å². The van der Waals surface area contributed by atoms with E-state index in [0.29, 0.717) is 15.6 Å². The molecule has 1 heterocycles.